The van der Waals surface area contributed by atoms with Crippen LogP contribution in [-0.4, -0.2) is 21.9 Å². The first-order valence-corrected chi connectivity index (χ1v) is 10.1. The van der Waals surface area contributed by atoms with Crippen molar-refractivity contribution in [3.63, 3.8) is 0 Å². The molecule has 1 N–H and O–H groups in total. The molecule has 0 atom stereocenters. The van der Waals surface area contributed by atoms with Crippen LogP contribution in [0.1, 0.15) is 50.6 Å². The molecule has 0 unspecified atom stereocenters. The highest BCUT2D eigenvalue weighted by atomic mass is 32.1. The molecule has 0 radical (unpaired) electrons. The van der Waals surface area contributed by atoms with Crippen molar-refractivity contribution >= 4 is 23.5 Å². The van der Waals surface area contributed by atoms with E-state index in [0.717, 1.165) is 47.5 Å². The Morgan fingerprint density at radius 2 is 2.00 bits per heavy atom. The van der Waals surface area contributed by atoms with Crippen LogP contribution in [0.15, 0.2) is 40.8 Å². The number of benzene rings is 1. The van der Waals surface area contributed by atoms with E-state index in [1.54, 1.807) is 17.6 Å². The van der Waals surface area contributed by atoms with Crippen LogP contribution < -0.4 is 5.43 Å². The minimum Gasteiger partial charge on any atom is -0.267 e. The molecule has 2 aromatic heterocycles. The maximum absolute atomic E-state index is 12.5. The highest BCUT2D eigenvalue weighted by Gasteiger charge is 2.19. The van der Waals surface area contributed by atoms with Crippen molar-refractivity contribution in [2.45, 2.75) is 39.5 Å². The topological polar surface area (TPSA) is 59.3 Å². The van der Waals surface area contributed by atoms with Gasteiger partial charge in [0.05, 0.1) is 28.9 Å². The summed E-state index contributed by atoms with van der Waals surface area (Å²) in [5, 5.41) is 10.8. The van der Waals surface area contributed by atoms with E-state index in [1.807, 2.05) is 54.2 Å². The quantitative estimate of drug-likeness (QED) is 0.546. The summed E-state index contributed by atoms with van der Waals surface area (Å²) in [4.78, 5) is 13.9. The van der Waals surface area contributed by atoms with Gasteiger partial charge in [-0.1, -0.05) is 18.2 Å². The molecule has 0 spiro atoms. The van der Waals surface area contributed by atoms with Gasteiger partial charge in [-0.3, -0.25) is 4.79 Å². The Balaban J connectivity index is 1.51. The second-order valence-corrected chi connectivity index (χ2v) is 7.75. The molecule has 138 valence electrons. The third-order valence-electron chi connectivity index (χ3n) is 5.01. The van der Waals surface area contributed by atoms with Crippen LogP contribution in [-0.2, 0) is 12.8 Å². The minimum absolute atomic E-state index is 0.128. The van der Waals surface area contributed by atoms with Crippen molar-refractivity contribution in [1.29, 1.82) is 0 Å². The fourth-order valence-electron chi connectivity index (χ4n) is 3.56. The molecule has 27 heavy (non-hydrogen) atoms. The van der Waals surface area contributed by atoms with E-state index >= 15 is 0 Å². The molecular weight excluding hydrogens is 356 g/mol. The number of carbonyl (C=O) groups is 1. The Labute approximate surface area is 162 Å². The highest BCUT2D eigenvalue weighted by molar-refractivity contribution is 7.10. The zero-order chi connectivity index (χ0) is 18.8. The van der Waals surface area contributed by atoms with E-state index in [0.29, 0.717) is 0 Å². The fraction of sp³-hybridized carbons (Fsp3) is 0.286. The monoisotopic (exact) mass is 378 g/mol. The van der Waals surface area contributed by atoms with Gasteiger partial charge in [0.1, 0.15) is 0 Å². The maximum Gasteiger partial charge on any atom is 0.272 e. The normalized spacial score (nSPS) is 13.7. The molecule has 4 rings (SSSR count). The summed E-state index contributed by atoms with van der Waals surface area (Å²) < 4.78 is 1.90. The van der Waals surface area contributed by atoms with Crippen LogP contribution >= 0.6 is 11.3 Å². The summed E-state index contributed by atoms with van der Waals surface area (Å²) in [5.74, 6) is -0.128. The maximum atomic E-state index is 12.5. The van der Waals surface area contributed by atoms with E-state index in [1.165, 1.54) is 16.9 Å². The van der Waals surface area contributed by atoms with Gasteiger partial charge in [-0.25, -0.2) is 10.1 Å². The van der Waals surface area contributed by atoms with Gasteiger partial charge >= 0.3 is 0 Å². The van der Waals surface area contributed by atoms with Crippen LogP contribution in [0, 0.1) is 13.8 Å². The van der Waals surface area contributed by atoms with Crippen LogP contribution in [0.4, 0.5) is 0 Å². The largest absolute Gasteiger partial charge is 0.272 e. The second-order valence-electron chi connectivity index (χ2n) is 6.79. The third kappa shape index (κ3) is 3.45. The number of carbonyl (C=O) groups excluding carboxylic acids is 1. The Morgan fingerprint density at radius 3 is 2.81 bits per heavy atom. The van der Waals surface area contributed by atoms with Gasteiger partial charge in [-0.15, -0.1) is 11.3 Å². The second kappa shape index (κ2) is 7.48. The van der Waals surface area contributed by atoms with Crippen LogP contribution in [0.2, 0.25) is 0 Å². The number of rotatable bonds is 4. The number of hydrogen-bond acceptors (Lipinski definition) is 4. The number of aryl methyl sites for hydroxylation is 2. The fourth-order valence-corrected chi connectivity index (χ4v) is 4.69. The smallest absolute Gasteiger partial charge is 0.267 e. The number of para-hydroxylation sites is 1. The van der Waals surface area contributed by atoms with Gasteiger partial charge in [0.25, 0.3) is 5.91 Å². The number of fused-ring (bicyclic) bond motifs is 1. The standard InChI is InChI=1S/C21H22N4OS/c1-14-18(15(2)25(24-14)16-8-4-3-5-9-16)12-22-23-21(26)19-13-27-20-11-7-6-10-17(19)20/h3-5,8-9,12-13H,6-7,10-11H2,1-2H3,(H,23,26)/b22-12-. The summed E-state index contributed by atoms with van der Waals surface area (Å²) >= 11 is 1.69. The number of thiophene rings is 1. The minimum atomic E-state index is -0.128. The van der Waals surface area contributed by atoms with Crippen LogP contribution in [0.5, 0.6) is 0 Å². The number of nitrogens with zero attached hydrogens (tertiary/aromatic N) is 3. The highest BCUT2D eigenvalue weighted by Crippen LogP contribution is 2.30. The molecule has 1 aliphatic rings. The van der Waals surface area contributed by atoms with Crippen LogP contribution in [0.25, 0.3) is 5.69 Å². The SMILES string of the molecule is Cc1nn(-c2ccccc2)c(C)c1/C=N\NC(=O)c1csc2c1CCCC2. The molecule has 0 aliphatic heterocycles. The molecule has 1 amide bonds. The molecule has 2 heterocycles. The Morgan fingerprint density at radius 1 is 1.22 bits per heavy atom. The van der Waals surface area contributed by atoms with Crippen molar-refractivity contribution in [1.82, 2.24) is 15.2 Å². The summed E-state index contributed by atoms with van der Waals surface area (Å²) in [6.07, 6.45) is 6.15. The molecule has 0 fully saturated rings. The first-order valence-electron chi connectivity index (χ1n) is 9.19. The number of hydrogen-bond donors (Lipinski definition) is 1. The average molecular weight is 379 g/mol. The number of hydrazone groups is 1. The molecule has 6 heteroatoms. The molecule has 0 saturated carbocycles. The van der Waals surface area contributed by atoms with Crippen LogP contribution in [0.3, 0.4) is 0 Å². The first kappa shape index (κ1) is 17.7. The van der Waals surface area contributed by atoms with Crippen molar-refractivity contribution in [2.75, 3.05) is 0 Å². The van der Waals surface area contributed by atoms with Crippen molar-refractivity contribution < 1.29 is 4.79 Å². The van der Waals surface area contributed by atoms with E-state index in [2.05, 4.69) is 15.6 Å². The number of aromatic nitrogens is 2. The zero-order valence-electron chi connectivity index (χ0n) is 15.5. The molecule has 1 aromatic carbocycles. The lowest BCUT2D eigenvalue weighted by Gasteiger charge is -2.11. The first-order chi connectivity index (χ1) is 13.1. The van der Waals surface area contributed by atoms with Gasteiger partial charge in [0, 0.05) is 15.8 Å². The summed E-state index contributed by atoms with van der Waals surface area (Å²) in [6.45, 7) is 3.95. The van der Waals surface area contributed by atoms with E-state index < -0.39 is 0 Å². The molecule has 0 saturated heterocycles. The van der Waals surface area contributed by atoms with Gasteiger partial charge < -0.3 is 0 Å². The molecule has 3 aromatic rings. The Kier molecular flexibility index (Phi) is 4.90. The predicted molar refractivity (Wildman–Crippen MR) is 109 cm³/mol. The zero-order valence-corrected chi connectivity index (χ0v) is 16.3. The number of nitrogens with one attached hydrogen (secondary N) is 1. The van der Waals surface area contributed by atoms with Gasteiger partial charge in [0.15, 0.2) is 0 Å². The molecule has 1 aliphatic carbocycles. The van der Waals surface area contributed by atoms with Gasteiger partial charge in [-0.2, -0.15) is 10.2 Å². The summed E-state index contributed by atoms with van der Waals surface area (Å²) in [6, 6.07) is 9.99. The van der Waals surface area contributed by atoms with Crippen molar-refractivity contribution in [3.8, 4) is 5.69 Å². The lowest BCUT2D eigenvalue weighted by molar-refractivity contribution is 0.0954. The molecular formula is C21H22N4OS. The molecule has 0 bridgehead atoms. The predicted octanol–water partition coefficient (Wildman–Crippen LogP) is 4.19. The Bertz CT molecular complexity index is 1000. The molecule has 5 nitrogen and oxygen atoms in total. The summed E-state index contributed by atoms with van der Waals surface area (Å²) in [7, 11) is 0. The Hall–Kier alpha value is -2.73. The third-order valence-corrected chi connectivity index (χ3v) is 6.10. The lowest BCUT2D eigenvalue weighted by Crippen LogP contribution is -2.19. The summed E-state index contributed by atoms with van der Waals surface area (Å²) in [5.41, 5.74) is 8.47. The number of amides is 1. The van der Waals surface area contributed by atoms with Crippen molar-refractivity contribution in [3.05, 3.63) is 68.7 Å². The van der Waals surface area contributed by atoms with Gasteiger partial charge in [0.2, 0.25) is 0 Å². The van der Waals surface area contributed by atoms with Crippen molar-refractivity contribution in [2.24, 2.45) is 5.10 Å². The van der Waals surface area contributed by atoms with E-state index in [9.17, 15) is 4.79 Å². The van der Waals surface area contributed by atoms with E-state index in [4.69, 9.17) is 0 Å². The lowest BCUT2D eigenvalue weighted by atomic mass is 9.96. The van der Waals surface area contributed by atoms with Gasteiger partial charge in [-0.05, 0) is 57.2 Å². The van der Waals surface area contributed by atoms with E-state index in [-0.39, 0.29) is 5.91 Å². The average Bonchev–Trinajstić information content (AvgIpc) is 3.24.